The van der Waals surface area contributed by atoms with Gasteiger partial charge >= 0.3 is 0 Å². The van der Waals surface area contributed by atoms with Crippen LogP contribution in [0.4, 0.5) is 0 Å². The summed E-state index contributed by atoms with van der Waals surface area (Å²) in [6, 6.07) is 76.1. The molecule has 0 fully saturated rings. The lowest BCUT2D eigenvalue weighted by atomic mass is 9.99. The molecule has 0 saturated heterocycles. The molecule has 0 N–H and O–H groups in total. The van der Waals surface area contributed by atoms with Crippen molar-refractivity contribution in [3.63, 3.8) is 0 Å². The van der Waals surface area contributed by atoms with Crippen LogP contribution in [0.25, 0.3) is 122 Å². The Kier molecular flexibility index (Phi) is 7.02. The summed E-state index contributed by atoms with van der Waals surface area (Å²) in [7, 11) is 0. The molecule has 0 aliphatic heterocycles. The molecule has 0 unspecified atom stereocenters. The Morgan fingerprint density at radius 2 is 0.762 bits per heavy atom. The highest BCUT2D eigenvalue weighted by atomic mass is 16.3. The van der Waals surface area contributed by atoms with Crippen LogP contribution in [0.5, 0.6) is 0 Å². The summed E-state index contributed by atoms with van der Waals surface area (Å²) in [6.45, 7) is 0. The van der Waals surface area contributed by atoms with Crippen molar-refractivity contribution < 1.29 is 4.42 Å². The molecule has 5 heterocycles. The van der Waals surface area contributed by atoms with E-state index in [1.165, 1.54) is 54.7 Å². The first kappa shape index (κ1) is 34.1. The molecule has 0 spiro atoms. The number of aromatic nitrogens is 5. The number of para-hydroxylation sites is 5. The molecule has 63 heavy (non-hydrogen) atoms. The first-order chi connectivity index (χ1) is 31.2. The number of hydrogen-bond acceptors (Lipinski definition) is 2. The van der Waals surface area contributed by atoms with Gasteiger partial charge < -0.3 is 13.6 Å². The zero-order valence-electron chi connectivity index (χ0n) is 33.9. The van der Waals surface area contributed by atoms with Crippen molar-refractivity contribution in [2.24, 2.45) is 0 Å². The number of furan rings is 1. The van der Waals surface area contributed by atoms with Crippen molar-refractivity contribution in [1.29, 1.82) is 0 Å². The molecule has 14 aromatic rings. The van der Waals surface area contributed by atoms with Crippen molar-refractivity contribution in [3.8, 4) is 39.3 Å². The average Bonchev–Trinajstić information content (AvgIpc) is 4.14. The van der Waals surface area contributed by atoms with Gasteiger partial charge in [-0.1, -0.05) is 109 Å². The molecule has 5 aromatic heterocycles. The molecule has 9 aromatic carbocycles. The summed E-state index contributed by atoms with van der Waals surface area (Å²) in [5.74, 6) is 0.824. The molecule has 0 aliphatic carbocycles. The molecule has 0 amide bonds. The maximum Gasteiger partial charge on any atom is 0.232 e. The van der Waals surface area contributed by atoms with Crippen LogP contribution in [0.2, 0.25) is 0 Å². The first-order valence-corrected chi connectivity index (χ1v) is 21.4. The largest absolute Gasteiger partial charge is 0.437 e. The first-order valence-electron chi connectivity index (χ1n) is 21.4. The van der Waals surface area contributed by atoms with E-state index in [0.29, 0.717) is 0 Å². The second-order valence-electron chi connectivity index (χ2n) is 16.4. The number of rotatable bonds is 5. The number of fused-ring (bicyclic) bond motifs is 13. The quantitative estimate of drug-likeness (QED) is 0.174. The minimum atomic E-state index is 0.786. The highest BCUT2D eigenvalue weighted by Gasteiger charge is 2.24. The fraction of sp³-hybridized carbons (Fsp3) is 0. The number of nitrogens with zero attached hydrogens (tertiary/aromatic N) is 5. The van der Waals surface area contributed by atoms with Crippen LogP contribution in [0.15, 0.2) is 217 Å². The lowest BCUT2D eigenvalue weighted by Crippen LogP contribution is -1.94. The van der Waals surface area contributed by atoms with Crippen LogP contribution in [-0.4, -0.2) is 23.1 Å². The Morgan fingerprint density at radius 1 is 0.333 bits per heavy atom. The van der Waals surface area contributed by atoms with E-state index in [9.17, 15) is 0 Å². The normalized spacial score (nSPS) is 12.1. The molecule has 6 heteroatoms. The maximum atomic E-state index is 6.52. The Balaban J connectivity index is 0.954. The van der Waals surface area contributed by atoms with Crippen LogP contribution < -0.4 is 0 Å². The molecule has 0 saturated carbocycles. The van der Waals surface area contributed by atoms with E-state index in [0.717, 1.165) is 67.2 Å². The van der Waals surface area contributed by atoms with E-state index >= 15 is 0 Å². The van der Waals surface area contributed by atoms with Gasteiger partial charge in [-0.25, -0.2) is 9.55 Å². The number of hydrogen-bond donors (Lipinski definition) is 0. The summed E-state index contributed by atoms with van der Waals surface area (Å²) < 4.78 is 15.7. The third-order valence-corrected chi connectivity index (χ3v) is 13.0. The van der Waals surface area contributed by atoms with Gasteiger partial charge in [0, 0.05) is 38.3 Å². The summed E-state index contributed by atoms with van der Waals surface area (Å²) >= 11 is 0. The van der Waals surface area contributed by atoms with E-state index in [2.05, 4.69) is 212 Å². The van der Waals surface area contributed by atoms with Crippen LogP contribution in [0, 0.1) is 0 Å². The number of imidazole rings is 2. The number of benzene rings is 9. The minimum Gasteiger partial charge on any atom is -0.437 e. The van der Waals surface area contributed by atoms with Crippen LogP contribution in [-0.2, 0) is 0 Å². The lowest BCUT2D eigenvalue weighted by Gasteiger charge is -2.09. The molecule has 294 valence electrons. The second kappa shape index (κ2) is 12.9. The molecular formula is C57H35N5O. The van der Waals surface area contributed by atoms with Gasteiger partial charge in [0.1, 0.15) is 11.1 Å². The van der Waals surface area contributed by atoms with Crippen molar-refractivity contribution in [2.45, 2.75) is 0 Å². The van der Waals surface area contributed by atoms with Gasteiger partial charge in [-0.3, -0.25) is 4.40 Å². The predicted octanol–water partition coefficient (Wildman–Crippen LogP) is 14.7. The van der Waals surface area contributed by atoms with Crippen molar-refractivity contribution in [2.75, 3.05) is 0 Å². The van der Waals surface area contributed by atoms with Crippen LogP contribution in [0.1, 0.15) is 0 Å². The lowest BCUT2D eigenvalue weighted by molar-refractivity contribution is 0.645. The molecule has 0 atom stereocenters. The smallest absolute Gasteiger partial charge is 0.232 e. The van der Waals surface area contributed by atoms with Crippen molar-refractivity contribution >= 4 is 82.6 Å². The fourth-order valence-electron chi connectivity index (χ4n) is 10.2. The Labute approximate surface area is 360 Å². The molecule has 0 bridgehead atoms. The summed E-state index contributed by atoms with van der Waals surface area (Å²) in [6.07, 6.45) is 0. The predicted molar refractivity (Wildman–Crippen MR) is 259 cm³/mol. The van der Waals surface area contributed by atoms with E-state index in [4.69, 9.17) is 9.40 Å². The third-order valence-electron chi connectivity index (χ3n) is 13.0. The Morgan fingerprint density at radius 3 is 1.33 bits per heavy atom. The molecule has 0 aliphatic rings. The second-order valence-corrected chi connectivity index (χ2v) is 16.4. The van der Waals surface area contributed by atoms with Gasteiger partial charge in [-0.15, -0.1) is 0 Å². The summed E-state index contributed by atoms with van der Waals surface area (Å²) in [5, 5.41) is 5.96. The average molecular weight is 806 g/mol. The molecule has 14 rings (SSSR count). The van der Waals surface area contributed by atoms with Crippen molar-refractivity contribution in [3.05, 3.63) is 212 Å². The molecule has 0 radical (unpaired) electrons. The maximum absolute atomic E-state index is 6.52. The van der Waals surface area contributed by atoms with Crippen LogP contribution in [0.3, 0.4) is 0 Å². The third kappa shape index (κ3) is 4.91. The van der Waals surface area contributed by atoms with Gasteiger partial charge in [-0.2, -0.15) is 0 Å². The topological polar surface area (TPSA) is 45.2 Å². The van der Waals surface area contributed by atoms with Gasteiger partial charge in [0.05, 0.1) is 38.8 Å². The van der Waals surface area contributed by atoms with Gasteiger partial charge in [-0.05, 0) is 125 Å². The minimum absolute atomic E-state index is 0.786. The van der Waals surface area contributed by atoms with E-state index in [1.807, 2.05) is 18.2 Å². The van der Waals surface area contributed by atoms with E-state index in [1.54, 1.807) is 0 Å². The highest BCUT2D eigenvalue weighted by Crippen LogP contribution is 2.41. The molecule has 6 nitrogen and oxygen atoms in total. The molecular weight excluding hydrogens is 771 g/mol. The fourth-order valence-corrected chi connectivity index (χ4v) is 10.2. The van der Waals surface area contributed by atoms with Gasteiger partial charge in [0.25, 0.3) is 0 Å². The highest BCUT2D eigenvalue weighted by molar-refractivity contribution is 6.14. The zero-order chi connectivity index (χ0) is 41.2. The summed E-state index contributed by atoms with van der Waals surface area (Å²) in [5.41, 5.74) is 17.3. The van der Waals surface area contributed by atoms with E-state index < -0.39 is 0 Å². The monoisotopic (exact) mass is 805 g/mol. The van der Waals surface area contributed by atoms with E-state index in [-0.39, 0.29) is 0 Å². The van der Waals surface area contributed by atoms with Gasteiger partial charge in [0.2, 0.25) is 11.5 Å². The Bertz CT molecular complexity index is 4130. The van der Waals surface area contributed by atoms with Crippen LogP contribution >= 0.6 is 0 Å². The Hall–Kier alpha value is -8.61. The zero-order valence-corrected chi connectivity index (χ0v) is 33.9. The SMILES string of the molecule is c1ccc(-n2c3ccccc3c3cc(-c4ccc5c(c4)c4cc(-c6ccc7c(c6)nc6n(-c8ccccc8)c8oc9ccccc9c8n76)ccc4n5-c4ccccc4)ccc32)cc1. The standard InChI is InChI=1S/C57H35N5O/c1-4-14-40(15-5-1)59-49-22-12-10-20-43(49)45-32-36(24-28-50(45)59)37-25-29-51-46(33-37)47-34-38(26-30-52(47)60(51)41-16-6-2-7-17-41)39-27-31-53-48(35-39)58-57-61(42-18-8-3-9-19-42)56-55(62(53)57)44-21-11-13-23-54(44)63-56/h1-35H. The summed E-state index contributed by atoms with van der Waals surface area (Å²) in [4.78, 5) is 5.31. The van der Waals surface area contributed by atoms with Crippen molar-refractivity contribution in [1.82, 2.24) is 23.1 Å². The van der Waals surface area contributed by atoms with Gasteiger partial charge in [0.15, 0.2) is 0 Å².